The van der Waals surface area contributed by atoms with E-state index in [2.05, 4.69) is 79.8 Å². The summed E-state index contributed by atoms with van der Waals surface area (Å²) in [5.41, 5.74) is 5.29. The molecule has 0 aliphatic carbocycles. The second-order valence-electron chi connectivity index (χ2n) is 5.49. The Labute approximate surface area is 126 Å². The van der Waals surface area contributed by atoms with Crippen molar-refractivity contribution in [3.05, 3.63) is 71.8 Å². The molecule has 0 aliphatic heterocycles. The standard InChI is InChI=1S/C20H21N/c1-3-21-14-16-8-11-20(15(2)12-16)19-10-9-17-6-4-5-7-18(17)13-19/h4-13,21H,3,14H2,1-2H3. The smallest absolute Gasteiger partial charge is 0.0205 e. The molecule has 0 saturated carbocycles. The Morgan fingerprint density at radius 2 is 1.67 bits per heavy atom. The van der Waals surface area contributed by atoms with E-state index in [9.17, 15) is 0 Å². The van der Waals surface area contributed by atoms with Crippen LogP contribution in [0.5, 0.6) is 0 Å². The number of aryl methyl sites for hydroxylation is 1. The van der Waals surface area contributed by atoms with Crippen LogP contribution in [0.15, 0.2) is 60.7 Å². The third kappa shape index (κ3) is 2.98. The molecule has 0 fully saturated rings. The summed E-state index contributed by atoms with van der Waals surface area (Å²) >= 11 is 0. The van der Waals surface area contributed by atoms with Gasteiger partial charge in [0.15, 0.2) is 0 Å². The van der Waals surface area contributed by atoms with Gasteiger partial charge in [0.1, 0.15) is 0 Å². The van der Waals surface area contributed by atoms with E-state index in [0.29, 0.717) is 0 Å². The molecule has 21 heavy (non-hydrogen) atoms. The SMILES string of the molecule is CCNCc1ccc(-c2ccc3ccccc3c2)c(C)c1. The molecule has 3 aromatic rings. The Morgan fingerprint density at radius 3 is 2.43 bits per heavy atom. The number of fused-ring (bicyclic) bond motifs is 1. The molecule has 0 aliphatic rings. The van der Waals surface area contributed by atoms with Gasteiger partial charge in [-0.1, -0.05) is 61.5 Å². The second kappa shape index (κ2) is 6.11. The van der Waals surface area contributed by atoms with E-state index in [1.54, 1.807) is 0 Å². The minimum absolute atomic E-state index is 0.940. The monoisotopic (exact) mass is 275 g/mol. The number of nitrogens with one attached hydrogen (secondary N) is 1. The van der Waals surface area contributed by atoms with Crippen LogP contribution < -0.4 is 5.32 Å². The molecule has 1 heteroatoms. The molecule has 0 heterocycles. The fourth-order valence-electron chi connectivity index (χ4n) is 2.79. The average Bonchev–Trinajstić information content (AvgIpc) is 2.52. The molecule has 3 aromatic carbocycles. The summed E-state index contributed by atoms with van der Waals surface area (Å²) in [5.74, 6) is 0. The zero-order valence-electron chi connectivity index (χ0n) is 12.7. The predicted octanol–water partition coefficient (Wildman–Crippen LogP) is 4.92. The normalized spacial score (nSPS) is 11.0. The first-order valence-corrected chi connectivity index (χ1v) is 7.57. The van der Waals surface area contributed by atoms with E-state index in [1.165, 1.54) is 33.0 Å². The van der Waals surface area contributed by atoms with Crippen LogP contribution >= 0.6 is 0 Å². The lowest BCUT2D eigenvalue weighted by Gasteiger charge is -2.10. The van der Waals surface area contributed by atoms with Gasteiger partial charge in [-0.3, -0.25) is 0 Å². The maximum Gasteiger partial charge on any atom is 0.0205 e. The summed E-state index contributed by atoms with van der Waals surface area (Å²) in [7, 11) is 0. The highest BCUT2D eigenvalue weighted by atomic mass is 14.8. The van der Waals surface area contributed by atoms with Gasteiger partial charge in [-0.15, -0.1) is 0 Å². The first kappa shape index (κ1) is 13.8. The zero-order chi connectivity index (χ0) is 14.7. The van der Waals surface area contributed by atoms with Gasteiger partial charge in [0, 0.05) is 6.54 Å². The molecular weight excluding hydrogens is 254 g/mol. The summed E-state index contributed by atoms with van der Waals surface area (Å²) < 4.78 is 0. The van der Waals surface area contributed by atoms with Crippen molar-refractivity contribution < 1.29 is 0 Å². The number of benzene rings is 3. The van der Waals surface area contributed by atoms with Gasteiger partial charge >= 0.3 is 0 Å². The Morgan fingerprint density at radius 1 is 0.857 bits per heavy atom. The van der Waals surface area contributed by atoms with Crippen LogP contribution in [0, 0.1) is 6.92 Å². The van der Waals surface area contributed by atoms with E-state index in [0.717, 1.165) is 13.1 Å². The van der Waals surface area contributed by atoms with Gasteiger partial charge in [-0.25, -0.2) is 0 Å². The molecule has 0 unspecified atom stereocenters. The van der Waals surface area contributed by atoms with Crippen LogP contribution in [0.2, 0.25) is 0 Å². The van der Waals surface area contributed by atoms with Gasteiger partial charge in [-0.05, 0) is 52.6 Å². The molecule has 0 radical (unpaired) electrons. The van der Waals surface area contributed by atoms with Gasteiger partial charge in [0.05, 0.1) is 0 Å². The zero-order valence-corrected chi connectivity index (χ0v) is 12.7. The molecule has 0 aromatic heterocycles. The summed E-state index contributed by atoms with van der Waals surface area (Å²) in [5, 5.41) is 5.97. The van der Waals surface area contributed by atoms with Gasteiger partial charge in [-0.2, -0.15) is 0 Å². The van der Waals surface area contributed by atoms with Crippen LogP contribution in [0.3, 0.4) is 0 Å². The molecule has 0 bridgehead atoms. The van der Waals surface area contributed by atoms with Crippen LogP contribution in [-0.4, -0.2) is 6.54 Å². The van der Waals surface area contributed by atoms with Crippen molar-refractivity contribution >= 4 is 10.8 Å². The lowest BCUT2D eigenvalue weighted by atomic mass is 9.96. The van der Waals surface area contributed by atoms with Crippen molar-refractivity contribution in [3.63, 3.8) is 0 Å². The first-order chi connectivity index (χ1) is 10.3. The summed E-state index contributed by atoms with van der Waals surface area (Å²) in [6.45, 7) is 6.27. The van der Waals surface area contributed by atoms with Gasteiger partial charge < -0.3 is 5.32 Å². The van der Waals surface area contributed by atoms with Crippen LogP contribution in [0.4, 0.5) is 0 Å². The molecule has 1 nitrogen and oxygen atoms in total. The quantitative estimate of drug-likeness (QED) is 0.712. The number of hydrogen-bond acceptors (Lipinski definition) is 1. The first-order valence-electron chi connectivity index (χ1n) is 7.57. The fourth-order valence-corrected chi connectivity index (χ4v) is 2.79. The lowest BCUT2D eigenvalue weighted by Crippen LogP contribution is -2.11. The summed E-state index contributed by atoms with van der Waals surface area (Å²) in [4.78, 5) is 0. The minimum Gasteiger partial charge on any atom is -0.313 e. The highest BCUT2D eigenvalue weighted by Crippen LogP contribution is 2.27. The average molecular weight is 275 g/mol. The third-order valence-electron chi connectivity index (χ3n) is 3.93. The maximum absolute atomic E-state index is 3.38. The fraction of sp³-hybridized carbons (Fsp3) is 0.200. The van der Waals surface area contributed by atoms with E-state index >= 15 is 0 Å². The van der Waals surface area contributed by atoms with E-state index in [4.69, 9.17) is 0 Å². The molecule has 1 N–H and O–H groups in total. The van der Waals surface area contributed by atoms with Gasteiger partial charge in [0.2, 0.25) is 0 Å². The topological polar surface area (TPSA) is 12.0 Å². The Balaban J connectivity index is 1.98. The van der Waals surface area contributed by atoms with Crippen molar-refractivity contribution in [2.24, 2.45) is 0 Å². The maximum atomic E-state index is 3.38. The minimum atomic E-state index is 0.940. The summed E-state index contributed by atoms with van der Waals surface area (Å²) in [6, 6.07) is 22.0. The lowest BCUT2D eigenvalue weighted by molar-refractivity contribution is 0.726. The Bertz CT molecular complexity index is 759. The molecule has 3 rings (SSSR count). The van der Waals surface area contributed by atoms with E-state index < -0.39 is 0 Å². The molecule has 0 amide bonds. The third-order valence-corrected chi connectivity index (χ3v) is 3.93. The van der Waals surface area contributed by atoms with Crippen molar-refractivity contribution in [1.29, 1.82) is 0 Å². The molecule has 0 spiro atoms. The summed E-state index contributed by atoms with van der Waals surface area (Å²) in [6.07, 6.45) is 0. The van der Waals surface area contributed by atoms with E-state index in [-0.39, 0.29) is 0 Å². The van der Waals surface area contributed by atoms with Crippen molar-refractivity contribution in [1.82, 2.24) is 5.32 Å². The molecule has 0 atom stereocenters. The number of hydrogen-bond donors (Lipinski definition) is 1. The van der Waals surface area contributed by atoms with Crippen molar-refractivity contribution in [2.75, 3.05) is 6.54 Å². The molecule has 0 saturated heterocycles. The van der Waals surface area contributed by atoms with Gasteiger partial charge in [0.25, 0.3) is 0 Å². The Kier molecular flexibility index (Phi) is 4.03. The molecule has 106 valence electrons. The second-order valence-corrected chi connectivity index (χ2v) is 5.49. The number of rotatable bonds is 4. The molecular formula is C20H21N. The predicted molar refractivity (Wildman–Crippen MR) is 91.5 cm³/mol. The Hall–Kier alpha value is -2.12. The van der Waals surface area contributed by atoms with Crippen LogP contribution in [0.1, 0.15) is 18.1 Å². The van der Waals surface area contributed by atoms with Crippen LogP contribution in [-0.2, 0) is 6.54 Å². The largest absolute Gasteiger partial charge is 0.313 e. The highest BCUT2D eigenvalue weighted by molar-refractivity contribution is 5.87. The van der Waals surface area contributed by atoms with E-state index in [1.807, 2.05) is 0 Å². The highest BCUT2D eigenvalue weighted by Gasteiger charge is 2.04. The van der Waals surface area contributed by atoms with Crippen molar-refractivity contribution in [2.45, 2.75) is 20.4 Å². The van der Waals surface area contributed by atoms with Crippen LogP contribution in [0.25, 0.3) is 21.9 Å². The van der Waals surface area contributed by atoms with Crippen molar-refractivity contribution in [3.8, 4) is 11.1 Å².